The molecule has 1 saturated heterocycles. The van der Waals surface area contributed by atoms with Crippen molar-refractivity contribution in [2.75, 3.05) is 6.61 Å². The lowest BCUT2D eigenvalue weighted by Gasteiger charge is -2.37. The van der Waals surface area contributed by atoms with E-state index in [0.717, 1.165) is 62.8 Å². The Kier molecular flexibility index (Phi) is 6.47. The van der Waals surface area contributed by atoms with Crippen molar-refractivity contribution in [1.29, 1.82) is 0 Å². The number of benzene rings is 2. The average molecular weight is 423 g/mol. The van der Waals surface area contributed by atoms with Crippen LogP contribution in [0.2, 0.25) is 0 Å². The second-order valence-electron chi connectivity index (χ2n) is 9.11. The Bertz CT molecular complexity index is 864. The minimum absolute atomic E-state index is 0. The standard InChI is InChI=1S/C25H28F4O.H2/c1-15-2-9-24(30-14-15)18-6-3-16(4-7-18)10-17-5-8-20(21(26)11-17)19-12-22(27)25(29)23(28)13-19;/h5,8,11-13,15-16,18,24H,2-4,6-7,9-10,14H2,1H3;1H. The molecule has 2 aliphatic rings. The van der Waals surface area contributed by atoms with Crippen LogP contribution in [0.5, 0.6) is 0 Å². The fourth-order valence-corrected chi connectivity index (χ4v) is 5.00. The molecule has 1 nitrogen and oxygen atoms in total. The maximum Gasteiger partial charge on any atom is 0.194 e. The van der Waals surface area contributed by atoms with Gasteiger partial charge in [-0.05, 0) is 92.0 Å². The van der Waals surface area contributed by atoms with Crippen molar-refractivity contribution >= 4 is 0 Å². The lowest BCUT2D eigenvalue weighted by molar-refractivity contribution is -0.0543. The molecular weight excluding hydrogens is 392 g/mol. The lowest BCUT2D eigenvalue weighted by Crippen LogP contribution is -2.33. The summed E-state index contributed by atoms with van der Waals surface area (Å²) in [7, 11) is 0. The van der Waals surface area contributed by atoms with Gasteiger partial charge in [-0.15, -0.1) is 0 Å². The predicted octanol–water partition coefficient (Wildman–Crippen LogP) is 7.32. The van der Waals surface area contributed by atoms with Gasteiger partial charge in [0.1, 0.15) is 5.82 Å². The summed E-state index contributed by atoms with van der Waals surface area (Å²) in [6.45, 7) is 3.11. The number of rotatable bonds is 4. The summed E-state index contributed by atoms with van der Waals surface area (Å²) in [5.74, 6) is -2.91. The van der Waals surface area contributed by atoms with Gasteiger partial charge in [0.25, 0.3) is 0 Å². The van der Waals surface area contributed by atoms with Gasteiger partial charge in [0.05, 0.1) is 6.10 Å². The summed E-state index contributed by atoms with van der Waals surface area (Å²) in [6, 6.07) is 6.42. The SMILES string of the molecule is CC1CCC(C2CCC(Cc3ccc(-c4cc(F)c(F)c(F)c4)c(F)c3)CC2)OC1.[HH]. The molecule has 164 valence electrons. The average Bonchev–Trinajstić information content (AvgIpc) is 2.73. The molecule has 0 aromatic heterocycles. The van der Waals surface area contributed by atoms with E-state index >= 15 is 0 Å². The molecule has 1 aliphatic heterocycles. The molecule has 0 spiro atoms. The topological polar surface area (TPSA) is 9.23 Å². The van der Waals surface area contributed by atoms with E-state index in [1.165, 1.54) is 18.6 Å². The number of ether oxygens (including phenoxy) is 1. The molecule has 2 atom stereocenters. The van der Waals surface area contributed by atoms with Crippen LogP contribution in [-0.2, 0) is 11.2 Å². The molecule has 2 unspecified atom stereocenters. The third-order valence-electron chi connectivity index (χ3n) is 6.81. The Hall–Kier alpha value is -1.88. The van der Waals surface area contributed by atoms with Crippen molar-refractivity contribution in [3.05, 3.63) is 59.2 Å². The zero-order valence-corrected chi connectivity index (χ0v) is 17.3. The summed E-state index contributed by atoms with van der Waals surface area (Å²) in [5, 5.41) is 0. The summed E-state index contributed by atoms with van der Waals surface area (Å²) in [6.07, 6.45) is 8.12. The highest BCUT2D eigenvalue weighted by Gasteiger charge is 2.30. The molecule has 4 rings (SSSR count). The molecule has 5 heteroatoms. The Morgan fingerprint density at radius 2 is 1.57 bits per heavy atom. The first-order valence-corrected chi connectivity index (χ1v) is 11.0. The molecule has 0 radical (unpaired) electrons. The van der Waals surface area contributed by atoms with Crippen molar-refractivity contribution in [3.63, 3.8) is 0 Å². The second kappa shape index (κ2) is 9.09. The molecular formula is C25H30F4O. The van der Waals surface area contributed by atoms with E-state index in [1.807, 2.05) is 0 Å². The Morgan fingerprint density at radius 3 is 2.17 bits per heavy atom. The molecule has 30 heavy (non-hydrogen) atoms. The van der Waals surface area contributed by atoms with Gasteiger partial charge in [-0.3, -0.25) is 0 Å². The van der Waals surface area contributed by atoms with Crippen LogP contribution in [0.15, 0.2) is 30.3 Å². The van der Waals surface area contributed by atoms with Gasteiger partial charge >= 0.3 is 0 Å². The summed E-state index contributed by atoms with van der Waals surface area (Å²) in [4.78, 5) is 0. The summed E-state index contributed by atoms with van der Waals surface area (Å²) >= 11 is 0. The molecule has 2 aromatic carbocycles. The minimum Gasteiger partial charge on any atom is -0.378 e. The van der Waals surface area contributed by atoms with Crippen molar-refractivity contribution < 1.29 is 23.7 Å². The van der Waals surface area contributed by atoms with Crippen LogP contribution in [0.1, 0.15) is 52.4 Å². The van der Waals surface area contributed by atoms with E-state index in [-0.39, 0.29) is 12.6 Å². The van der Waals surface area contributed by atoms with E-state index in [1.54, 1.807) is 6.07 Å². The van der Waals surface area contributed by atoms with Crippen LogP contribution in [0, 0.1) is 41.0 Å². The van der Waals surface area contributed by atoms with Gasteiger partial charge < -0.3 is 4.74 Å². The van der Waals surface area contributed by atoms with Gasteiger partial charge in [0.15, 0.2) is 17.5 Å². The maximum atomic E-state index is 14.6. The van der Waals surface area contributed by atoms with Crippen LogP contribution in [-0.4, -0.2) is 12.7 Å². The maximum absolute atomic E-state index is 14.6. The smallest absolute Gasteiger partial charge is 0.194 e. The highest BCUT2D eigenvalue weighted by Crippen LogP contribution is 2.37. The minimum atomic E-state index is -1.54. The third-order valence-corrected chi connectivity index (χ3v) is 6.81. The molecule has 2 aromatic rings. The first-order chi connectivity index (χ1) is 14.4. The zero-order chi connectivity index (χ0) is 21.3. The van der Waals surface area contributed by atoms with Gasteiger partial charge in [-0.1, -0.05) is 19.1 Å². The Morgan fingerprint density at radius 1 is 0.867 bits per heavy atom. The fraction of sp³-hybridized carbons (Fsp3) is 0.520. The van der Waals surface area contributed by atoms with E-state index in [0.29, 0.717) is 23.9 Å². The van der Waals surface area contributed by atoms with Gasteiger partial charge in [0.2, 0.25) is 0 Å². The highest BCUT2D eigenvalue weighted by molar-refractivity contribution is 5.64. The first kappa shape index (κ1) is 21.4. The highest BCUT2D eigenvalue weighted by atomic mass is 19.2. The van der Waals surface area contributed by atoms with Gasteiger partial charge in [-0.2, -0.15) is 0 Å². The van der Waals surface area contributed by atoms with E-state index < -0.39 is 23.3 Å². The number of hydrogen-bond acceptors (Lipinski definition) is 1. The summed E-state index contributed by atoms with van der Waals surface area (Å²) in [5.41, 5.74) is 0.951. The van der Waals surface area contributed by atoms with Crippen LogP contribution in [0.3, 0.4) is 0 Å². The third kappa shape index (κ3) is 4.72. The summed E-state index contributed by atoms with van der Waals surface area (Å²) < 4.78 is 60.8. The zero-order valence-electron chi connectivity index (χ0n) is 17.3. The van der Waals surface area contributed by atoms with Gasteiger partial charge in [-0.25, -0.2) is 17.6 Å². The van der Waals surface area contributed by atoms with Gasteiger partial charge in [0, 0.05) is 13.6 Å². The van der Waals surface area contributed by atoms with Crippen molar-refractivity contribution in [2.45, 2.75) is 58.0 Å². The molecule has 0 N–H and O–H groups in total. The number of hydrogen-bond donors (Lipinski definition) is 0. The molecule has 2 fully saturated rings. The second-order valence-corrected chi connectivity index (χ2v) is 9.11. The lowest BCUT2D eigenvalue weighted by atomic mass is 9.75. The quantitative estimate of drug-likeness (QED) is 0.370. The van der Waals surface area contributed by atoms with Crippen LogP contribution >= 0.6 is 0 Å². The van der Waals surface area contributed by atoms with Crippen molar-refractivity contribution in [1.82, 2.24) is 0 Å². The molecule has 0 bridgehead atoms. The van der Waals surface area contributed by atoms with E-state index in [4.69, 9.17) is 4.74 Å². The normalized spacial score (nSPS) is 27.2. The van der Waals surface area contributed by atoms with Crippen LogP contribution in [0.4, 0.5) is 17.6 Å². The van der Waals surface area contributed by atoms with Crippen molar-refractivity contribution in [3.8, 4) is 11.1 Å². The van der Waals surface area contributed by atoms with Crippen molar-refractivity contribution in [2.24, 2.45) is 17.8 Å². The fourth-order valence-electron chi connectivity index (χ4n) is 5.00. The van der Waals surface area contributed by atoms with E-state index in [2.05, 4.69) is 6.92 Å². The van der Waals surface area contributed by atoms with Crippen LogP contribution < -0.4 is 0 Å². The van der Waals surface area contributed by atoms with E-state index in [9.17, 15) is 17.6 Å². The predicted molar refractivity (Wildman–Crippen MR) is 111 cm³/mol. The Balaban J connectivity index is 0.00000272. The largest absolute Gasteiger partial charge is 0.378 e. The Labute approximate surface area is 176 Å². The molecule has 1 saturated carbocycles. The molecule has 1 heterocycles. The first-order valence-electron chi connectivity index (χ1n) is 11.0. The van der Waals surface area contributed by atoms with Crippen LogP contribution in [0.25, 0.3) is 11.1 Å². The monoisotopic (exact) mass is 422 g/mol. The molecule has 1 aliphatic carbocycles. The number of halogens is 4. The molecule has 0 amide bonds.